The second kappa shape index (κ2) is 6.58. The molecular formula is C15H15BrN2O3. The quantitative estimate of drug-likeness (QED) is 0.628. The van der Waals surface area contributed by atoms with Crippen molar-refractivity contribution >= 4 is 27.3 Å². The Morgan fingerprint density at radius 2 is 1.95 bits per heavy atom. The molecule has 0 bridgehead atoms. The predicted molar refractivity (Wildman–Crippen MR) is 85.7 cm³/mol. The lowest BCUT2D eigenvalue weighted by molar-refractivity contribution is -0.385. The number of benzene rings is 2. The monoisotopic (exact) mass is 350 g/mol. The molecule has 0 spiro atoms. The molecule has 0 aromatic heterocycles. The molecule has 0 saturated heterocycles. The molecule has 1 unspecified atom stereocenters. The van der Waals surface area contributed by atoms with Crippen molar-refractivity contribution in [1.29, 1.82) is 0 Å². The SMILES string of the molecule is CC(Cc1ccc(O)cc1)Nc1ccc([N+](=O)[O-])c(Br)c1. The number of phenolic OH excluding ortho intramolecular Hbond substituents is 1. The average molecular weight is 351 g/mol. The van der Waals surface area contributed by atoms with Gasteiger partial charge in [0.15, 0.2) is 0 Å². The zero-order chi connectivity index (χ0) is 15.4. The van der Waals surface area contributed by atoms with Crippen LogP contribution in [0.4, 0.5) is 11.4 Å². The van der Waals surface area contributed by atoms with Crippen molar-refractivity contribution < 1.29 is 10.0 Å². The molecule has 0 radical (unpaired) electrons. The van der Waals surface area contributed by atoms with Gasteiger partial charge in [-0.25, -0.2) is 0 Å². The Labute approximate surface area is 130 Å². The van der Waals surface area contributed by atoms with Crippen molar-refractivity contribution in [2.24, 2.45) is 0 Å². The van der Waals surface area contributed by atoms with Gasteiger partial charge in [-0.05, 0) is 59.1 Å². The zero-order valence-electron chi connectivity index (χ0n) is 11.4. The number of nitrogens with zero attached hydrogens (tertiary/aromatic N) is 1. The fourth-order valence-electron chi connectivity index (χ4n) is 2.07. The van der Waals surface area contributed by atoms with Gasteiger partial charge in [0, 0.05) is 17.8 Å². The molecular weight excluding hydrogens is 336 g/mol. The van der Waals surface area contributed by atoms with E-state index in [-0.39, 0.29) is 17.5 Å². The molecule has 0 aliphatic carbocycles. The number of anilines is 1. The largest absolute Gasteiger partial charge is 0.508 e. The molecule has 2 aromatic carbocycles. The summed E-state index contributed by atoms with van der Waals surface area (Å²) < 4.78 is 0.453. The minimum atomic E-state index is -0.423. The molecule has 2 N–H and O–H groups in total. The van der Waals surface area contributed by atoms with E-state index in [4.69, 9.17) is 0 Å². The van der Waals surface area contributed by atoms with Crippen LogP contribution in [0.3, 0.4) is 0 Å². The lowest BCUT2D eigenvalue weighted by Crippen LogP contribution is -2.18. The van der Waals surface area contributed by atoms with Gasteiger partial charge in [-0.15, -0.1) is 0 Å². The van der Waals surface area contributed by atoms with Gasteiger partial charge in [-0.1, -0.05) is 12.1 Å². The van der Waals surface area contributed by atoms with Gasteiger partial charge in [-0.2, -0.15) is 0 Å². The zero-order valence-corrected chi connectivity index (χ0v) is 13.0. The summed E-state index contributed by atoms with van der Waals surface area (Å²) in [5.41, 5.74) is 1.97. The molecule has 1 atom stereocenters. The Kier molecular flexibility index (Phi) is 4.80. The van der Waals surface area contributed by atoms with Crippen molar-refractivity contribution in [3.8, 4) is 5.75 Å². The maximum Gasteiger partial charge on any atom is 0.283 e. The summed E-state index contributed by atoms with van der Waals surface area (Å²) in [5, 5.41) is 23.3. The summed E-state index contributed by atoms with van der Waals surface area (Å²) >= 11 is 3.20. The standard InChI is InChI=1S/C15H15BrN2O3/c1-10(8-11-2-5-13(19)6-3-11)17-12-4-7-15(18(20)21)14(16)9-12/h2-7,9-10,17,19H,8H2,1H3. The second-order valence-electron chi connectivity index (χ2n) is 4.84. The number of aromatic hydroxyl groups is 1. The minimum Gasteiger partial charge on any atom is -0.508 e. The molecule has 0 saturated carbocycles. The first-order valence-corrected chi connectivity index (χ1v) is 7.23. The van der Waals surface area contributed by atoms with Crippen LogP contribution in [0.2, 0.25) is 0 Å². The lowest BCUT2D eigenvalue weighted by Gasteiger charge is -2.15. The van der Waals surface area contributed by atoms with Crippen LogP contribution >= 0.6 is 15.9 Å². The Bertz CT molecular complexity index is 644. The summed E-state index contributed by atoms with van der Waals surface area (Å²) in [6, 6.07) is 12.1. The Balaban J connectivity index is 2.02. The molecule has 0 heterocycles. The van der Waals surface area contributed by atoms with E-state index in [0.29, 0.717) is 4.47 Å². The smallest absolute Gasteiger partial charge is 0.283 e. The number of nitro groups is 1. The van der Waals surface area contributed by atoms with Gasteiger partial charge in [0.1, 0.15) is 5.75 Å². The molecule has 0 aliphatic heterocycles. The van der Waals surface area contributed by atoms with E-state index in [1.54, 1.807) is 24.3 Å². The molecule has 21 heavy (non-hydrogen) atoms. The Morgan fingerprint density at radius 1 is 1.29 bits per heavy atom. The first-order valence-electron chi connectivity index (χ1n) is 6.44. The third-order valence-electron chi connectivity index (χ3n) is 3.04. The van der Waals surface area contributed by atoms with Crippen molar-refractivity contribution in [3.63, 3.8) is 0 Å². The molecule has 2 rings (SSSR count). The minimum absolute atomic E-state index is 0.0479. The topological polar surface area (TPSA) is 75.4 Å². The van der Waals surface area contributed by atoms with Gasteiger partial charge < -0.3 is 10.4 Å². The van der Waals surface area contributed by atoms with E-state index in [2.05, 4.69) is 21.2 Å². The fourth-order valence-corrected chi connectivity index (χ4v) is 2.59. The van der Waals surface area contributed by atoms with E-state index >= 15 is 0 Å². The first-order chi connectivity index (χ1) is 9.95. The Morgan fingerprint density at radius 3 is 2.52 bits per heavy atom. The average Bonchev–Trinajstić information content (AvgIpc) is 2.41. The second-order valence-corrected chi connectivity index (χ2v) is 5.69. The van der Waals surface area contributed by atoms with E-state index < -0.39 is 4.92 Å². The molecule has 5 nitrogen and oxygen atoms in total. The third kappa shape index (κ3) is 4.19. The number of hydrogen-bond donors (Lipinski definition) is 2. The number of rotatable bonds is 5. The van der Waals surface area contributed by atoms with Gasteiger partial charge in [-0.3, -0.25) is 10.1 Å². The summed E-state index contributed by atoms with van der Waals surface area (Å²) in [4.78, 5) is 10.3. The van der Waals surface area contributed by atoms with E-state index in [1.165, 1.54) is 6.07 Å². The van der Waals surface area contributed by atoms with Crippen molar-refractivity contribution in [2.45, 2.75) is 19.4 Å². The normalized spacial score (nSPS) is 11.9. The van der Waals surface area contributed by atoms with Crippen LogP contribution < -0.4 is 5.32 Å². The molecule has 6 heteroatoms. The van der Waals surface area contributed by atoms with Crippen molar-refractivity contribution in [1.82, 2.24) is 0 Å². The number of phenols is 1. The lowest BCUT2D eigenvalue weighted by atomic mass is 10.1. The van der Waals surface area contributed by atoms with Crippen molar-refractivity contribution in [2.75, 3.05) is 5.32 Å². The highest BCUT2D eigenvalue weighted by Gasteiger charge is 2.12. The highest BCUT2D eigenvalue weighted by atomic mass is 79.9. The first kappa shape index (κ1) is 15.3. The van der Waals surface area contributed by atoms with Crippen LogP contribution in [-0.4, -0.2) is 16.1 Å². The number of halogens is 1. The van der Waals surface area contributed by atoms with Crippen LogP contribution in [0.15, 0.2) is 46.9 Å². The molecule has 2 aromatic rings. The van der Waals surface area contributed by atoms with E-state index in [1.807, 2.05) is 19.1 Å². The molecule has 0 aliphatic rings. The van der Waals surface area contributed by atoms with Crippen LogP contribution in [0, 0.1) is 10.1 Å². The Hall–Kier alpha value is -2.08. The maximum atomic E-state index is 10.8. The van der Waals surface area contributed by atoms with Crippen LogP contribution in [0.1, 0.15) is 12.5 Å². The van der Waals surface area contributed by atoms with Gasteiger partial charge in [0.05, 0.1) is 9.40 Å². The maximum absolute atomic E-state index is 10.8. The van der Waals surface area contributed by atoms with E-state index in [9.17, 15) is 15.2 Å². The summed E-state index contributed by atoms with van der Waals surface area (Å²) in [5.74, 6) is 0.249. The van der Waals surface area contributed by atoms with Crippen LogP contribution in [0.25, 0.3) is 0 Å². The van der Waals surface area contributed by atoms with Gasteiger partial charge >= 0.3 is 0 Å². The van der Waals surface area contributed by atoms with Gasteiger partial charge in [0.2, 0.25) is 0 Å². The van der Waals surface area contributed by atoms with Crippen LogP contribution in [0.5, 0.6) is 5.75 Å². The summed E-state index contributed by atoms with van der Waals surface area (Å²) in [7, 11) is 0. The van der Waals surface area contributed by atoms with Crippen molar-refractivity contribution in [3.05, 3.63) is 62.6 Å². The van der Waals surface area contributed by atoms with Crippen LogP contribution in [-0.2, 0) is 6.42 Å². The highest BCUT2D eigenvalue weighted by molar-refractivity contribution is 9.10. The van der Waals surface area contributed by atoms with E-state index in [0.717, 1.165) is 17.7 Å². The molecule has 0 fully saturated rings. The summed E-state index contributed by atoms with van der Waals surface area (Å²) in [6.45, 7) is 2.03. The number of hydrogen-bond acceptors (Lipinski definition) is 4. The molecule has 110 valence electrons. The predicted octanol–water partition coefficient (Wildman–Crippen LogP) is 4.11. The summed E-state index contributed by atoms with van der Waals surface area (Å²) in [6.07, 6.45) is 0.787. The number of nitro benzene ring substituents is 1. The third-order valence-corrected chi connectivity index (χ3v) is 3.67. The fraction of sp³-hybridized carbons (Fsp3) is 0.200. The van der Waals surface area contributed by atoms with Gasteiger partial charge in [0.25, 0.3) is 5.69 Å². The molecule has 0 amide bonds. The highest BCUT2D eigenvalue weighted by Crippen LogP contribution is 2.28. The number of nitrogens with one attached hydrogen (secondary N) is 1.